The van der Waals surface area contributed by atoms with Crippen LogP contribution < -0.4 is 5.32 Å². The number of rotatable bonds is 3. The van der Waals surface area contributed by atoms with Crippen LogP contribution in [-0.2, 0) is 6.42 Å². The Morgan fingerprint density at radius 1 is 1.18 bits per heavy atom. The first-order valence-corrected chi connectivity index (χ1v) is 6.73. The maximum absolute atomic E-state index is 6.12. The van der Waals surface area contributed by atoms with Gasteiger partial charge in [-0.2, -0.15) is 0 Å². The van der Waals surface area contributed by atoms with Crippen LogP contribution in [0.1, 0.15) is 16.7 Å². The lowest BCUT2D eigenvalue weighted by Crippen LogP contribution is -2.44. The van der Waals surface area contributed by atoms with Crippen LogP contribution in [0.3, 0.4) is 0 Å². The molecule has 0 spiro atoms. The van der Waals surface area contributed by atoms with Crippen molar-refractivity contribution in [2.75, 3.05) is 32.7 Å². The molecule has 3 heteroatoms. The van der Waals surface area contributed by atoms with Crippen LogP contribution in [0.15, 0.2) is 12.1 Å². The second-order valence-electron chi connectivity index (χ2n) is 4.87. The second-order valence-corrected chi connectivity index (χ2v) is 5.28. The average Bonchev–Trinajstić information content (AvgIpc) is 2.33. The normalized spacial score (nSPS) is 17.4. The molecule has 1 aromatic rings. The molecule has 94 valence electrons. The van der Waals surface area contributed by atoms with E-state index in [9.17, 15) is 0 Å². The van der Waals surface area contributed by atoms with Crippen LogP contribution in [-0.4, -0.2) is 37.6 Å². The zero-order valence-electron chi connectivity index (χ0n) is 10.7. The summed E-state index contributed by atoms with van der Waals surface area (Å²) >= 11 is 6.12. The van der Waals surface area contributed by atoms with Crippen molar-refractivity contribution in [2.24, 2.45) is 0 Å². The van der Waals surface area contributed by atoms with E-state index in [0.717, 1.165) is 31.1 Å². The van der Waals surface area contributed by atoms with Crippen molar-refractivity contribution in [1.82, 2.24) is 10.2 Å². The molecular weight excluding hydrogens is 232 g/mol. The first-order valence-electron chi connectivity index (χ1n) is 6.35. The number of hydrogen-bond acceptors (Lipinski definition) is 2. The quantitative estimate of drug-likeness (QED) is 0.889. The van der Waals surface area contributed by atoms with Gasteiger partial charge in [-0.05, 0) is 43.0 Å². The van der Waals surface area contributed by atoms with Gasteiger partial charge in [-0.25, -0.2) is 0 Å². The SMILES string of the molecule is Cc1cc(CCN2CCNCC2)c(C)cc1Cl. The Labute approximate surface area is 109 Å². The fourth-order valence-electron chi connectivity index (χ4n) is 2.32. The Bertz CT molecular complexity index is 384. The number of hydrogen-bond donors (Lipinski definition) is 1. The molecule has 1 heterocycles. The van der Waals surface area contributed by atoms with Gasteiger partial charge in [0.2, 0.25) is 0 Å². The van der Waals surface area contributed by atoms with Crippen molar-refractivity contribution in [3.8, 4) is 0 Å². The van der Waals surface area contributed by atoms with Crippen LogP contribution >= 0.6 is 11.6 Å². The highest BCUT2D eigenvalue weighted by Crippen LogP contribution is 2.21. The molecular formula is C14H21ClN2. The van der Waals surface area contributed by atoms with Gasteiger partial charge in [0.15, 0.2) is 0 Å². The maximum Gasteiger partial charge on any atom is 0.0438 e. The molecule has 0 unspecified atom stereocenters. The summed E-state index contributed by atoms with van der Waals surface area (Å²) in [6.07, 6.45) is 1.13. The number of halogens is 1. The molecule has 0 aliphatic carbocycles. The largest absolute Gasteiger partial charge is 0.314 e. The van der Waals surface area contributed by atoms with Gasteiger partial charge in [0.1, 0.15) is 0 Å². The Kier molecular flexibility index (Phi) is 4.43. The Morgan fingerprint density at radius 2 is 1.88 bits per heavy atom. The Hall–Kier alpha value is -0.570. The molecule has 0 saturated carbocycles. The Morgan fingerprint density at radius 3 is 2.59 bits per heavy atom. The van der Waals surface area contributed by atoms with Crippen molar-refractivity contribution < 1.29 is 0 Å². The third-order valence-corrected chi connectivity index (χ3v) is 3.93. The van der Waals surface area contributed by atoms with E-state index in [1.165, 1.54) is 29.8 Å². The minimum atomic E-state index is 0.883. The zero-order valence-corrected chi connectivity index (χ0v) is 11.5. The number of nitrogens with zero attached hydrogens (tertiary/aromatic N) is 1. The van der Waals surface area contributed by atoms with E-state index < -0.39 is 0 Å². The summed E-state index contributed by atoms with van der Waals surface area (Å²) in [4.78, 5) is 2.53. The van der Waals surface area contributed by atoms with Gasteiger partial charge in [0.05, 0.1) is 0 Å². The van der Waals surface area contributed by atoms with Crippen molar-refractivity contribution in [3.63, 3.8) is 0 Å². The third-order valence-electron chi connectivity index (χ3n) is 3.52. The van der Waals surface area contributed by atoms with E-state index in [1.54, 1.807) is 0 Å². The van der Waals surface area contributed by atoms with E-state index in [2.05, 4.69) is 36.2 Å². The minimum Gasteiger partial charge on any atom is -0.314 e. The molecule has 1 N–H and O–H groups in total. The van der Waals surface area contributed by atoms with Crippen LogP contribution in [0, 0.1) is 13.8 Å². The molecule has 0 aromatic heterocycles. The first kappa shape index (κ1) is 12.9. The lowest BCUT2D eigenvalue weighted by molar-refractivity contribution is 0.244. The van der Waals surface area contributed by atoms with Crippen LogP contribution in [0.2, 0.25) is 5.02 Å². The van der Waals surface area contributed by atoms with E-state index in [0.29, 0.717) is 0 Å². The molecule has 1 fully saturated rings. The fraction of sp³-hybridized carbons (Fsp3) is 0.571. The fourth-order valence-corrected chi connectivity index (χ4v) is 2.54. The van der Waals surface area contributed by atoms with Crippen molar-refractivity contribution >= 4 is 11.6 Å². The molecule has 2 nitrogen and oxygen atoms in total. The second kappa shape index (κ2) is 5.85. The highest BCUT2D eigenvalue weighted by atomic mass is 35.5. The molecule has 1 saturated heterocycles. The average molecular weight is 253 g/mol. The summed E-state index contributed by atoms with van der Waals surface area (Å²) in [5, 5.41) is 4.26. The maximum atomic E-state index is 6.12. The van der Waals surface area contributed by atoms with E-state index >= 15 is 0 Å². The van der Waals surface area contributed by atoms with Gasteiger partial charge < -0.3 is 10.2 Å². The zero-order chi connectivity index (χ0) is 12.3. The summed E-state index contributed by atoms with van der Waals surface area (Å²) in [7, 11) is 0. The number of benzene rings is 1. The summed E-state index contributed by atoms with van der Waals surface area (Å²) < 4.78 is 0. The summed E-state index contributed by atoms with van der Waals surface area (Å²) in [6, 6.07) is 4.32. The van der Waals surface area contributed by atoms with Crippen molar-refractivity contribution in [3.05, 3.63) is 33.8 Å². The molecule has 1 aliphatic heterocycles. The van der Waals surface area contributed by atoms with E-state index in [4.69, 9.17) is 11.6 Å². The minimum absolute atomic E-state index is 0.883. The predicted molar refractivity (Wildman–Crippen MR) is 73.9 cm³/mol. The third kappa shape index (κ3) is 3.44. The lowest BCUT2D eigenvalue weighted by Gasteiger charge is -2.27. The van der Waals surface area contributed by atoms with Gasteiger partial charge >= 0.3 is 0 Å². The summed E-state index contributed by atoms with van der Waals surface area (Å²) in [6.45, 7) is 9.98. The smallest absolute Gasteiger partial charge is 0.0438 e. The Balaban J connectivity index is 1.96. The number of nitrogens with one attached hydrogen (secondary N) is 1. The van der Waals surface area contributed by atoms with Gasteiger partial charge in [-0.3, -0.25) is 0 Å². The van der Waals surface area contributed by atoms with Gasteiger partial charge in [0, 0.05) is 37.7 Å². The van der Waals surface area contributed by atoms with Gasteiger partial charge in [0.25, 0.3) is 0 Å². The first-order chi connectivity index (χ1) is 8.16. The highest BCUT2D eigenvalue weighted by molar-refractivity contribution is 6.31. The summed E-state index contributed by atoms with van der Waals surface area (Å²) in [5.74, 6) is 0. The van der Waals surface area contributed by atoms with Crippen molar-refractivity contribution in [1.29, 1.82) is 0 Å². The highest BCUT2D eigenvalue weighted by Gasteiger charge is 2.10. The number of aryl methyl sites for hydroxylation is 2. The topological polar surface area (TPSA) is 15.3 Å². The summed E-state index contributed by atoms with van der Waals surface area (Å²) in [5.41, 5.74) is 3.94. The van der Waals surface area contributed by atoms with Crippen LogP contribution in [0.4, 0.5) is 0 Å². The van der Waals surface area contributed by atoms with Crippen LogP contribution in [0.25, 0.3) is 0 Å². The molecule has 0 amide bonds. The van der Waals surface area contributed by atoms with Gasteiger partial charge in [-0.1, -0.05) is 17.7 Å². The molecule has 1 aromatic carbocycles. The molecule has 2 rings (SSSR count). The van der Waals surface area contributed by atoms with E-state index in [1.807, 2.05) is 0 Å². The standard InChI is InChI=1S/C14H21ClN2/c1-11-10-14(15)12(2)9-13(11)3-6-17-7-4-16-5-8-17/h9-10,16H,3-8H2,1-2H3. The predicted octanol–water partition coefficient (Wildman–Crippen LogP) is 2.40. The molecule has 1 aliphatic rings. The monoisotopic (exact) mass is 252 g/mol. The molecule has 0 atom stereocenters. The molecule has 0 bridgehead atoms. The number of piperazine rings is 1. The molecule has 17 heavy (non-hydrogen) atoms. The van der Waals surface area contributed by atoms with Crippen molar-refractivity contribution in [2.45, 2.75) is 20.3 Å². The lowest BCUT2D eigenvalue weighted by atomic mass is 10.0. The molecule has 0 radical (unpaired) electrons. The van der Waals surface area contributed by atoms with E-state index in [-0.39, 0.29) is 0 Å². The van der Waals surface area contributed by atoms with Crippen LogP contribution in [0.5, 0.6) is 0 Å². The van der Waals surface area contributed by atoms with Gasteiger partial charge in [-0.15, -0.1) is 0 Å².